The van der Waals surface area contributed by atoms with Crippen LogP contribution in [0.2, 0.25) is 0 Å². The molecule has 0 aromatic rings. The van der Waals surface area contributed by atoms with Crippen LogP contribution in [0.4, 0.5) is 0 Å². The fourth-order valence-electron chi connectivity index (χ4n) is 0.875. The van der Waals surface area contributed by atoms with Gasteiger partial charge in [-0.25, -0.2) is 0 Å². The third kappa shape index (κ3) is 6.02. The number of rotatable bonds is 8. The van der Waals surface area contributed by atoms with Crippen molar-refractivity contribution in [1.29, 1.82) is 0 Å². The van der Waals surface area contributed by atoms with Crippen LogP contribution in [0.5, 0.6) is 0 Å². The predicted octanol–water partition coefficient (Wildman–Crippen LogP) is 1.18. The van der Waals surface area contributed by atoms with E-state index in [1.54, 1.807) is 0 Å². The Morgan fingerprint density at radius 3 is 2.23 bits per heavy atom. The van der Waals surface area contributed by atoms with Gasteiger partial charge in [0.25, 0.3) is 0 Å². The maximum Gasteiger partial charge on any atom is 0.0507 e. The van der Waals surface area contributed by atoms with Gasteiger partial charge in [0.2, 0.25) is 0 Å². The summed E-state index contributed by atoms with van der Waals surface area (Å²) < 4.78 is 5.35. The van der Waals surface area contributed by atoms with Gasteiger partial charge in [0, 0.05) is 18.6 Å². The molecule has 3 nitrogen and oxygen atoms in total. The molecule has 0 rings (SSSR count). The third-order valence-corrected chi connectivity index (χ3v) is 2.26. The molecule has 0 saturated heterocycles. The topological polar surface area (TPSA) is 49.7 Å². The molecule has 0 spiro atoms. The fourth-order valence-corrected chi connectivity index (χ4v) is 0.875. The normalized spacial score (nSPS) is 12.0. The minimum Gasteiger partial charge on any atom is -0.396 e. The molecule has 0 aromatic carbocycles. The van der Waals surface area contributed by atoms with Crippen LogP contribution in [0.1, 0.15) is 33.1 Å². The summed E-state index contributed by atoms with van der Waals surface area (Å²) in [7, 11) is 0. The van der Waals surface area contributed by atoms with Gasteiger partial charge in [-0.05, 0) is 12.8 Å². The van der Waals surface area contributed by atoms with Gasteiger partial charge in [0.15, 0.2) is 0 Å². The van der Waals surface area contributed by atoms with Crippen molar-refractivity contribution >= 4 is 0 Å². The summed E-state index contributed by atoms with van der Waals surface area (Å²) in [4.78, 5) is 0. The Balaban J connectivity index is 3.39. The number of aliphatic hydroxyl groups is 2. The highest BCUT2D eigenvalue weighted by molar-refractivity contribution is 4.71. The van der Waals surface area contributed by atoms with Crippen molar-refractivity contribution in [2.24, 2.45) is 5.41 Å². The number of aliphatic hydroxyl groups excluding tert-OH is 2. The van der Waals surface area contributed by atoms with Crippen LogP contribution in [-0.2, 0) is 4.74 Å². The maximum absolute atomic E-state index is 8.97. The minimum atomic E-state index is -0.383. The Hall–Kier alpha value is -0.120. The molecule has 0 aliphatic rings. The quantitative estimate of drug-likeness (QED) is 0.565. The number of ether oxygens (including phenoxy) is 1. The van der Waals surface area contributed by atoms with E-state index < -0.39 is 0 Å². The molecule has 0 saturated carbocycles. The molecule has 3 heteroatoms. The second kappa shape index (κ2) is 7.30. The van der Waals surface area contributed by atoms with Gasteiger partial charge in [-0.3, -0.25) is 0 Å². The molecule has 0 aromatic heterocycles. The van der Waals surface area contributed by atoms with E-state index in [1.165, 1.54) is 0 Å². The first-order valence-electron chi connectivity index (χ1n) is 4.98. The fraction of sp³-hybridized carbons (Fsp3) is 1.00. The molecule has 0 aliphatic heterocycles. The molecule has 2 N–H and O–H groups in total. The second-order valence-electron chi connectivity index (χ2n) is 3.84. The van der Waals surface area contributed by atoms with Crippen LogP contribution in [0, 0.1) is 5.41 Å². The van der Waals surface area contributed by atoms with E-state index in [-0.39, 0.29) is 18.6 Å². The number of hydrogen-bond donors (Lipinski definition) is 2. The highest BCUT2D eigenvalue weighted by Gasteiger charge is 2.21. The minimum absolute atomic E-state index is 0.0145. The summed E-state index contributed by atoms with van der Waals surface area (Å²) in [5.74, 6) is 0. The van der Waals surface area contributed by atoms with Crippen molar-refractivity contribution in [3.63, 3.8) is 0 Å². The Labute approximate surface area is 80.7 Å². The van der Waals surface area contributed by atoms with E-state index in [0.29, 0.717) is 13.0 Å². The lowest BCUT2D eigenvalue weighted by Crippen LogP contribution is -2.27. The zero-order valence-corrected chi connectivity index (χ0v) is 8.75. The molecule has 0 amide bonds. The van der Waals surface area contributed by atoms with E-state index in [2.05, 4.69) is 6.92 Å². The van der Waals surface area contributed by atoms with Crippen molar-refractivity contribution in [3.8, 4) is 0 Å². The Morgan fingerprint density at radius 1 is 1.15 bits per heavy atom. The third-order valence-electron chi connectivity index (χ3n) is 2.26. The molecular formula is C10H22O3. The van der Waals surface area contributed by atoms with Gasteiger partial charge in [-0.2, -0.15) is 0 Å². The zero-order chi connectivity index (χ0) is 10.2. The van der Waals surface area contributed by atoms with Crippen molar-refractivity contribution < 1.29 is 14.9 Å². The van der Waals surface area contributed by atoms with Gasteiger partial charge >= 0.3 is 0 Å². The van der Waals surface area contributed by atoms with Crippen LogP contribution in [0.25, 0.3) is 0 Å². The first-order chi connectivity index (χ1) is 6.18. The molecule has 0 fully saturated rings. The van der Waals surface area contributed by atoms with E-state index >= 15 is 0 Å². The van der Waals surface area contributed by atoms with E-state index in [0.717, 1.165) is 19.4 Å². The Bertz CT molecular complexity index is 111. The lowest BCUT2D eigenvalue weighted by atomic mass is 9.89. The highest BCUT2D eigenvalue weighted by Crippen LogP contribution is 2.19. The zero-order valence-electron chi connectivity index (χ0n) is 8.75. The van der Waals surface area contributed by atoms with Gasteiger partial charge in [-0.15, -0.1) is 0 Å². The molecule has 0 unspecified atom stereocenters. The SMILES string of the molecule is CCCCOCCC(C)(CO)CO. The lowest BCUT2D eigenvalue weighted by Gasteiger charge is -2.24. The second-order valence-corrected chi connectivity index (χ2v) is 3.84. The van der Waals surface area contributed by atoms with Crippen molar-refractivity contribution in [2.75, 3.05) is 26.4 Å². The molecule has 0 radical (unpaired) electrons. The van der Waals surface area contributed by atoms with Crippen molar-refractivity contribution in [3.05, 3.63) is 0 Å². The summed E-state index contributed by atoms with van der Waals surface area (Å²) in [6.07, 6.45) is 2.93. The maximum atomic E-state index is 8.97. The number of unbranched alkanes of at least 4 members (excludes halogenated alkanes) is 1. The molecule has 13 heavy (non-hydrogen) atoms. The van der Waals surface area contributed by atoms with Crippen LogP contribution in [0.15, 0.2) is 0 Å². The Morgan fingerprint density at radius 2 is 1.77 bits per heavy atom. The summed E-state index contributed by atoms with van der Waals surface area (Å²) in [6.45, 7) is 5.41. The average molecular weight is 190 g/mol. The van der Waals surface area contributed by atoms with E-state index in [4.69, 9.17) is 14.9 Å². The standard InChI is InChI=1S/C10H22O3/c1-3-4-6-13-7-5-10(2,8-11)9-12/h11-12H,3-9H2,1-2H3. The monoisotopic (exact) mass is 190 g/mol. The predicted molar refractivity (Wildman–Crippen MR) is 52.6 cm³/mol. The van der Waals surface area contributed by atoms with E-state index in [1.807, 2.05) is 6.92 Å². The van der Waals surface area contributed by atoms with E-state index in [9.17, 15) is 0 Å². The van der Waals surface area contributed by atoms with Crippen molar-refractivity contribution in [2.45, 2.75) is 33.1 Å². The van der Waals surface area contributed by atoms with Crippen LogP contribution in [0.3, 0.4) is 0 Å². The summed E-state index contributed by atoms with van der Waals surface area (Å²) in [6, 6.07) is 0. The summed E-state index contributed by atoms with van der Waals surface area (Å²) in [5.41, 5.74) is -0.383. The van der Waals surface area contributed by atoms with Gasteiger partial charge in [0.05, 0.1) is 13.2 Å². The molecule has 0 aliphatic carbocycles. The Kier molecular flexibility index (Phi) is 7.23. The molecule has 0 heterocycles. The average Bonchev–Trinajstić information content (AvgIpc) is 2.17. The summed E-state index contributed by atoms with van der Waals surface area (Å²) >= 11 is 0. The number of hydrogen-bond acceptors (Lipinski definition) is 3. The molecule has 0 bridgehead atoms. The van der Waals surface area contributed by atoms with Crippen LogP contribution in [-0.4, -0.2) is 36.6 Å². The van der Waals surface area contributed by atoms with Crippen LogP contribution >= 0.6 is 0 Å². The molecule has 0 atom stereocenters. The van der Waals surface area contributed by atoms with Gasteiger partial charge in [-0.1, -0.05) is 20.3 Å². The molecular weight excluding hydrogens is 168 g/mol. The van der Waals surface area contributed by atoms with Crippen molar-refractivity contribution in [1.82, 2.24) is 0 Å². The first-order valence-corrected chi connectivity index (χ1v) is 4.98. The summed E-state index contributed by atoms with van der Waals surface area (Å²) in [5, 5.41) is 17.9. The molecule has 80 valence electrons. The lowest BCUT2D eigenvalue weighted by molar-refractivity contribution is 0.0275. The van der Waals surface area contributed by atoms with Crippen LogP contribution < -0.4 is 0 Å². The smallest absolute Gasteiger partial charge is 0.0507 e. The first kappa shape index (κ1) is 12.9. The highest BCUT2D eigenvalue weighted by atomic mass is 16.5. The van der Waals surface area contributed by atoms with Gasteiger partial charge < -0.3 is 14.9 Å². The van der Waals surface area contributed by atoms with Gasteiger partial charge in [0.1, 0.15) is 0 Å². The largest absolute Gasteiger partial charge is 0.396 e.